The highest BCUT2D eigenvalue weighted by Gasteiger charge is 2.15. The van der Waals surface area contributed by atoms with Gasteiger partial charge in [0, 0.05) is 22.3 Å². The lowest BCUT2D eigenvalue weighted by atomic mass is 10.2. The zero-order valence-corrected chi connectivity index (χ0v) is 15.0. The SMILES string of the molecule is COc1cccc(NC(=O)NC(C)c2nc(-c3ccc(Cl)cc3)n[nH]2)c1. The Balaban J connectivity index is 1.63. The summed E-state index contributed by atoms with van der Waals surface area (Å²) in [6.45, 7) is 1.82. The number of halogens is 1. The lowest BCUT2D eigenvalue weighted by Gasteiger charge is -2.12. The zero-order chi connectivity index (χ0) is 18.5. The summed E-state index contributed by atoms with van der Waals surface area (Å²) in [5, 5.41) is 13.2. The number of rotatable bonds is 5. The van der Waals surface area contributed by atoms with Crippen molar-refractivity contribution in [3.8, 4) is 17.1 Å². The highest BCUT2D eigenvalue weighted by Crippen LogP contribution is 2.20. The van der Waals surface area contributed by atoms with Crippen molar-refractivity contribution in [3.05, 3.63) is 59.4 Å². The Labute approximate surface area is 155 Å². The third kappa shape index (κ3) is 4.31. The number of benzene rings is 2. The summed E-state index contributed by atoms with van der Waals surface area (Å²) >= 11 is 5.89. The second kappa shape index (κ2) is 7.88. The molecule has 2 amide bonds. The average molecular weight is 372 g/mol. The van der Waals surface area contributed by atoms with Crippen LogP contribution >= 0.6 is 11.6 Å². The molecule has 1 atom stereocenters. The number of H-pyrrole nitrogens is 1. The van der Waals surface area contributed by atoms with Crippen LogP contribution in [0.3, 0.4) is 0 Å². The van der Waals surface area contributed by atoms with E-state index in [1.165, 1.54) is 0 Å². The quantitative estimate of drug-likeness (QED) is 0.631. The van der Waals surface area contributed by atoms with Gasteiger partial charge in [-0.2, -0.15) is 5.10 Å². The van der Waals surface area contributed by atoms with E-state index in [4.69, 9.17) is 16.3 Å². The van der Waals surface area contributed by atoms with Crippen molar-refractivity contribution >= 4 is 23.3 Å². The van der Waals surface area contributed by atoms with Crippen molar-refractivity contribution in [2.75, 3.05) is 12.4 Å². The van der Waals surface area contributed by atoms with E-state index >= 15 is 0 Å². The van der Waals surface area contributed by atoms with Crippen molar-refractivity contribution in [1.82, 2.24) is 20.5 Å². The van der Waals surface area contributed by atoms with Gasteiger partial charge < -0.3 is 15.4 Å². The van der Waals surface area contributed by atoms with Crippen molar-refractivity contribution in [2.45, 2.75) is 13.0 Å². The molecule has 0 aliphatic heterocycles. The minimum atomic E-state index is -0.353. The molecule has 0 spiro atoms. The molecule has 0 bridgehead atoms. The Morgan fingerprint density at radius 1 is 1.23 bits per heavy atom. The number of nitrogens with zero attached hydrogens (tertiary/aromatic N) is 2. The molecular weight excluding hydrogens is 354 g/mol. The molecular formula is C18H18ClN5O2. The molecule has 7 nitrogen and oxygen atoms in total. The van der Waals surface area contributed by atoms with Crippen LogP contribution in [-0.4, -0.2) is 28.3 Å². The third-order valence-corrected chi connectivity index (χ3v) is 3.94. The highest BCUT2D eigenvalue weighted by molar-refractivity contribution is 6.30. The van der Waals surface area contributed by atoms with Gasteiger partial charge in [-0.3, -0.25) is 5.10 Å². The van der Waals surface area contributed by atoms with Gasteiger partial charge in [0.1, 0.15) is 11.6 Å². The maximum absolute atomic E-state index is 12.2. The maximum Gasteiger partial charge on any atom is 0.319 e. The van der Waals surface area contributed by atoms with Crippen LogP contribution in [0.25, 0.3) is 11.4 Å². The standard InChI is InChI=1S/C18H18ClN5O2/c1-11(20-18(25)21-14-4-3-5-15(10-14)26-2)16-22-17(24-23-16)12-6-8-13(19)9-7-12/h3-11H,1-2H3,(H2,20,21,25)(H,22,23,24). The molecule has 1 unspecified atom stereocenters. The van der Waals surface area contributed by atoms with Gasteiger partial charge in [-0.05, 0) is 43.3 Å². The molecule has 134 valence electrons. The Kier molecular flexibility index (Phi) is 5.38. The lowest BCUT2D eigenvalue weighted by molar-refractivity contribution is 0.249. The van der Waals surface area contributed by atoms with Gasteiger partial charge in [0.2, 0.25) is 0 Å². The molecule has 2 aromatic carbocycles. The molecule has 3 aromatic rings. The predicted molar refractivity (Wildman–Crippen MR) is 100 cm³/mol. The fourth-order valence-electron chi connectivity index (χ4n) is 2.33. The third-order valence-electron chi connectivity index (χ3n) is 3.69. The van der Waals surface area contributed by atoms with E-state index in [-0.39, 0.29) is 12.1 Å². The normalized spacial score (nSPS) is 11.7. The van der Waals surface area contributed by atoms with Gasteiger partial charge in [-0.25, -0.2) is 9.78 Å². The van der Waals surface area contributed by atoms with E-state index in [1.54, 1.807) is 43.5 Å². The first-order valence-corrected chi connectivity index (χ1v) is 8.33. The lowest BCUT2D eigenvalue weighted by Crippen LogP contribution is -2.31. The smallest absolute Gasteiger partial charge is 0.319 e. The Hall–Kier alpha value is -3.06. The number of urea groups is 1. The Bertz CT molecular complexity index is 895. The number of carbonyl (C=O) groups excluding carboxylic acids is 1. The van der Waals surface area contributed by atoms with Gasteiger partial charge in [0.25, 0.3) is 0 Å². The number of hydrogen-bond donors (Lipinski definition) is 3. The molecule has 8 heteroatoms. The van der Waals surface area contributed by atoms with Crippen LogP contribution in [0.4, 0.5) is 10.5 Å². The first-order valence-electron chi connectivity index (χ1n) is 7.95. The van der Waals surface area contributed by atoms with Crippen molar-refractivity contribution in [3.63, 3.8) is 0 Å². The molecule has 0 aliphatic rings. The number of carbonyl (C=O) groups is 1. The number of nitrogens with one attached hydrogen (secondary N) is 3. The molecule has 0 radical (unpaired) electrons. The fraction of sp³-hybridized carbons (Fsp3) is 0.167. The number of amides is 2. The minimum Gasteiger partial charge on any atom is -0.497 e. The number of ether oxygens (including phenoxy) is 1. The topological polar surface area (TPSA) is 91.9 Å². The van der Waals surface area contributed by atoms with E-state index < -0.39 is 0 Å². The van der Waals surface area contributed by atoms with Crippen LogP contribution in [-0.2, 0) is 0 Å². The molecule has 0 saturated carbocycles. The first-order chi connectivity index (χ1) is 12.5. The van der Waals surface area contributed by atoms with Gasteiger partial charge in [0.15, 0.2) is 5.82 Å². The van der Waals surface area contributed by atoms with Crippen molar-refractivity contribution < 1.29 is 9.53 Å². The molecule has 1 heterocycles. The molecule has 0 fully saturated rings. The number of aromatic amines is 1. The molecule has 1 aromatic heterocycles. The van der Waals surface area contributed by atoms with Crippen LogP contribution in [0, 0.1) is 0 Å². The summed E-state index contributed by atoms with van der Waals surface area (Å²) in [4.78, 5) is 16.6. The summed E-state index contributed by atoms with van der Waals surface area (Å²) in [6, 6.07) is 13.6. The van der Waals surface area contributed by atoms with Crippen LogP contribution in [0.5, 0.6) is 5.75 Å². The second-order valence-corrected chi connectivity index (χ2v) is 6.04. The van der Waals surface area contributed by atoms with Crippen LogP contribution in [0.2, 0.25) is 5.02 Å². The largest absolute Gasteiger partial charge is 0.497 e. The zero-order valence-electron chi connectivity index (χ0n) is 14.3. The van der Waals surface area contributed by atoms with Crippen LogP contribution in [0.15, 0.2) is 48.5 Å². The Morgan fingerprint density at radius 3 is 2.73 bits per heavy atom. The summed E-state index contributed by atoms with van der Waals surface area (Å²) in [6.07, 6.45) is 0. The van der Waals surface area contributed by atoms with E-state index in [1.807, 2.05) is 19.1 Å². The molecule has 3 rings (SSSR count). The second-order valence-electron chi connectivity index (χ2n) is 5.60. The minimum absolute atomic E-state index is 0.352. The van der Waals surface area contributed by atoms with Gasteiger partial charge >= 0.3 is 6.03 Å². The van der Waals surface area contributed by atoms with Gasteiger partial charge in [0.05, 0.1) is 13.2 Å². The average Bonchev–Trinajstić information content (AvgIpc) is 3.12. The summed E-state index contributed by atoms with van der Waals surface area (Å²) in [5.41, 5.74) is 1.47. The first kappa shape index (κ1) is 17.8. The maximum atomic E-state index is 12.2. The number of aromatic nitrogens is 3. The number of methoxy groups -OCH3 is 1. The van der Waals surface area contributed by atoms with Crippen molar-refractivity contribution in [1.29, 1.82) is 0 Å². The molecule has 26 heavy (non-hydrogen) atoms. The van der Waals surface area contributed by atoms with E-state index in [2.05, 4.69) is 25.8 Å². The molecule has 0 saturated heterocycles. The highest BCUT2D eigenvalue weighted by atomic mass is 35.5. The molecule has 3 N–H and O–H groups in total. The van der Waals surface area contributed by atoms with Crippen molar-refractivity contribution in [2.24, 2.45) is 0 Å². The van der Waals surface area contributed by atoms with E-state index in [0.717, 1.165) is 5.56 Å². The van der Waals surface area contributed by atoms with Gasteiger partial charge in [-0.1, -0.05) is 17.7 Å². The predicted octanol–water partition coefficient (Wildman–Crippen LogP) is 4.02. The summed E-state index contributed by atoms with van der Waals surface area (Å²) in [7, 11) is 1.57. The summed E-state index contributed by atoms with van der Waals surface area (Å²) in [5.74, 6) is 1.76. The van der Waals surface area contributed by atoms with Crippen LogP contribution in [0.1, 0.15) is 18.8 Å². The van der Waals surface area contributed by atoms with E-state index in [9.17, 15) is 4.79 Å². The number of hydrogen-bond acceptors (Lipinski definition) is 4. The Morgan fingerprint density at radius 2 is 2.00 bits per heavy atom. The van der Waals surface area contributed by atoms with E-state index in [0.29, 0.717) is 28.1 Å². The number of anilines is 1. The molecule has 0 aliphatic carbocycles. The van der Waals surface area contributed by atoms with Gasteiger partial charge in [-0.15, -0.1) is 0 Å². The fourth-order valence-corrected chi connectivity index (χ4v) is 2.46. The monoisotopic (exact) mass is 371 g/mol. The van der Waals surface area contributed by atoms with Crippen LogP contribution < -0.4 is 15.4 Å². The summed E-state index contributed by atoms with van der Waals surface area (Å²) < 4.78 is 5.14.